The van der Waals surface area contributed by atoms with Crippen molar-refractivity contribution in [1.82, 2.24) is 10.2 Å². The average molecular weight is 223 g/mol. The smallest absolute Gasteiger partial charge is 0.222 e. The topological polar surface area (TPSA) is 44.7 Å². The molecular formula is C12H21N3O. The maximum atomic E-state index is 11.8. The zero-order valence-electron chi connectivity index (χ0n) is 10.2. The number of nitrogens with zero attached hydrogens (tertiary/aromatic N) is 2. The van der Waals surface area contributed by atoms with Gasteiger partial charge in [0.2, 0.25) is 5.91 Å². The highest BCUT2D eigenvalue weighted by Crippen LogP contribution is 2.29. The Hall–Kier alpha value is -1.06. The number of amidine groups is 1. The zero-order valence-corrected chi connectivity index (χ0v) is 10.2. The molecule has 90 valence electrons. The lowest BCUT2D eigenvalue weighted by atomic mass is 9.86. The Bertz CT molecular complexity index is 301. The molecule has 0 bridgehead atoms. The van der Waals surface area contributed by atoms with E-state index in [2.05, 4.69) is 15.2 Å². The maximum Gasteiger partial charge on any atom is 0.222 e. The minimum Gasteiger partial charge on any atom is -0.377 e. The molecule has 2 fully saturated rings. The molecule has 0 radical (unpaired) electrons. The second-order valence-corrected chi connectivity index (χ2v) is 4.73. The van der Waals surface area contributed by atoms with E-state index in [1.165, 1.54) is 6.42 Å². The molecule has 2 heterocycles. The molecule has 2 unspecified atom stereocenters. The number of hydrogen-bond acceptors (Lipinski definition) is 2. The SMILES string of the molecule is C/N=C(\NC)C1CCC2CCCC(=O)N2C1. The molecule has 0 saturated carbocycles. The fourth-order valence-corrected chi connectivity index (χ4v) is 2.99. The molecule has 2 aliphatic heterocycles. The van der Waals surface area contributed by atoms with Crippen molar-refractivity contribution in [3.05, 3.63) is 0 Å². The van der Waals surface area contributed by atoms with Crippen LogP contribution in [0.4, 0.5) is 0 Å². The highest BCUT2D eigenvalue weighted by atomic mass is 16.2. The van der Waals surface area contributed by atoms with Gasteiger partial charge in [-0.2, -0.15) is 0 Å². The molecule has 16 heavy (non-hydrogen) atoms. The van der Waals surface area contributed by atoms with Gasteiger partial charge in [-0.25, -0.2) is 0 Å². The Balaban J connectivity index is 2.05. The maximum absolute atomic E-state index is 11.8. The van der Waals surface area contributed by atoms with E-state index in [4.69, 9.17) is 0 Å². The molecule has 1 N–H and O–H groups in total. The summed E-state index contributed by atoms with van der Waals surface area (Å²) in [4.78, 5) is 18.2. The molecule has 4 heteroatoms. The van der Waals surface area contributed by atoms with Crippen molar-refractivity contribution in [1.29, 1.82) is 0 Å². The van der Waals surface area contributed by atoms with Gasteiger partial charge in [-0.1, -0.05) is 0 Å². The number of nitrogens with one attached hydrogen (secondary N) is 1. The third-order valence-corrected chi connectivity index (χ3v) is 3.84. The zero-order chi connectivity index (χ0) is 11.5. The summed E-state index contributed by atoms with van der Waals surface area (Å²) in [5.74, 6) is 1.79. The number of aliphatic imine (C=N–C) groups is 1. The summed E-state index contributed by atoms with van der Waals surface area (Å²) in [6, 6.07) is 0.507. The van der Waals surface area contributed by atoms with E-state index in [1.807, 2.05) is 14.1 Å². The first-order valence-electron chi connectivity index (χ1n) is 6.20. The fourth-order valence-electron chi connectivity index (χ4n) is 2.99. The quantitative estimate of drug-likeness (QED) is 0.533. The average Bonchev–Trinajstić information content (AvgIpc) is 2.32. The summed E-state index contributed by atoms with van der Waals surface area (Å²) in [5, 5.41) is 3.14. The van der Waals surface area contributed by atoms with Crippen LogP contribution in [0.25, 0.3) is 0 Å². The van der Waals surface area contributed by atoms with Gasteiger partial charge in [0, 0.05) is 39.0 Å². The molecule has 1 amide bonds. The summed E-state index contributed by atoms with van der Waals surface area (Å²) >= 11 is 0. The first kappa shape index (κ1) is 11.4. The minimum atomic E-state index is 0.340. The second-order valence-electron chi connectivity index (χ2n) is 4.73. The fraction of sp³-hybridized carbons (Fsp3) is 0.833. The predicted octanol–water partition coefficient (Wildman–Crippen LogP) is 1.03. The molecule has 0 spiro atoms. The summed E-state index contributed by atoms with van der Waals surface area (Å²) < 4.78 is 0. The first-order valence-corrected chi connectivity index (χ1v) is 6.20. The number of amides is 1. The largest absolute Gasteiger partial charge is 0.377 e. The molecule has 2 aliphatic rings. The van der Waals surface area contributed by atoms with Crippen molar-refractivity contribution in [2.45, 2.75) is 38.1 Å². The molecule has 2 atom stereocenters. The van der Waals surface area contributed by atoms with Crippen molar-refractivity contribution in [3.63, 3.8) is 0 Å². The normalized spacial score (nSPS) is 31.2. The Morgan fingerprint density at radius 1 is 1.44 bits per heavy atom. The molecule has 2 saturated heterocycles. The minimum absolute atomic E-state index is 0.340. The van der Waals surface area contributed by atoms with Gasteiger partial charge in [-0.3, -0.25) is 9.79 Å². The van der Waals surface area contributed by atoms with Crippen molar-refractivity contribution in [2.75, 3.05) is 20.6 Å². The summed E-state index contributed by atoms with van der Waals surface area (Å²) in [6.07, 6.45) is 5.29. The van der Waals surface area contributed by atoms with Gasteiger partial charge in [0.1, 0.15) is 5.84 Å². The second kappa shape index (κ2) is 4.85. The van der Waals surface area contributed by atoms with Crippen molar-refractivity contribution in [3.8, 4) is 0 Å². The molecule has 0 aliphatic carbocycles. The highest BCUT2D eigenvalue weighted by molar-refractivity contribution is 5.85. The van der Waals surface area contributed by atoms with Crippen LogP contribution in [0.5, 0.6) is 0 Å². The number of carbonyl (C=O) groups excluding carboxylic acids is 1. The molecule has 0 aromatic carbocycles. The summed E-state index contributed by atoms with van der Waals surface area (Å²) in [5.41, 5.74) is 0. The van der Waals surface area contributed by atoms with E-state index in [9.17, 15) is 4.79 Å². The molecule has 0 aromatic rings. The summed E-state index contributed by atoms with van der Waals surface area (Å²) in [6.45, 7) is 0.858. The van der Waals surface area contributed by atoms with E-state index in [0.29, 0.717) is 17.9 Å². The van der Waals surface area contributed by atoms with E-state index < -0.39 is 0 Å². The highest BCUT2D eigenvalue weighted by Gasteiger charge is 2.35. The Morgan fingerprint density at radius 2 is 2.25 bits per heavy atom. The third kappa shape index (κ3) is 2.06. The monoisotopic (exact) mass is 223 g/mol. The lowest BCUT2D eigenvalue weighted by molar-refractivity contribution is -0.138. The van der Waals surface area contributed by atoms with Gasteiger partial charge in [-0.15, -0.1) is 0 Å². The predicted molar refractivity (Wildman–Crippen MR) is 64.5 cm³/mol. The lowest BCUT2D eigenvalue weighted by Crippen LogP contribution is -2.52. The van der Waals surface area contributed by atoms with E-state index in [1.54, 1.807) is 0 Å². The number of fused-ring (bicyclic) bond motifs is 1. The first-order chi connectivity index (χ1) is 7.76. The lowest BCUT2D eigenvalue weighted by Gasteiger charge is -2.42. The molecule has 0 aromatic heterocycles. The van der Waals surface area contributed by atoms with Crippen LogP contribution in [-0.2, 0) is 4.79 Å². The number of carbonyl (C=O) groups is 1. The van der Waals surface area contributed by atoms with Crippen LogP contribution < -0.4 is 5.32 Å². The van der Waals surface area contributed by atoms with Gasteiger partial charge in [-0.05, 0) is 25.7 Å². The van der Waals surface area contributed by atoms with Crippen molar-refractivity contribution < 1.29 is 4.79 Å². The van der Waals surface area contributed by atoms with E-state index in [0.717, 1.165) is 38.1 Å². The van der Waals surface area contributed by atoms with Gasteiger partial charge in [0.15, 0.2) is 0 Å². The van der Waals surface area contributed by atoms with Crippen LogP contribution in [0.1, 0.15) is 32.1 Å². The third-order valence-electron chi connectivity index (χ3n) is 3.84. The van der Waals surface area contributed by atoms with Crippen molar-refractivity contribution >= 4 is 11.7 Å². The number of piperidine rings is 2. The number of rotatable bonds is 1. The van der Waals surface area contributed by atoms with Crippen LogP contribution in [0, 0.1) is 5.92 Å². The summed E-state index contributed by atoms with van der Waals surface area (Å²) in [7, 11) is 3.72. The molecular weight excluding hydrogens is 202 g/mol. The van der Waals surface area contributed by atoms with Crippen LogP contribution >= 0.6 is 0 Å². The molecule has 2 rings (SSSR count). The van der Waals surface area contributed by atoms with Crippen LogP contribution in [0.3, 0.4) is 0 Å². The standard InChI is InChI=1S/C12H21N3O/c1-13-12(14-2)9-6-7-10-4-3-5-11(16)15(10)8-9/h9-10H,3-8H2,1-2H3,(H,13,14). The Kier molecular flexibility index (Phi) is 3.46. The van der Waals surface area contributed by atoms with Gasteiger partial charge in [0.05, 0.1) is 0 Å². The molecule has 4 nitrogen and oxygen atoms in total. The van der Waals surface area contributed by atoms with Crippen LogP contribution in [0.2, 0.25) is 0 Å². The van der Waals surface area contributed by atoms with Crippen molar-refractivity contribution in [2.24, 2.45) is 10.9 Å². The Morgan fingerprint density at radius 3 is 2.94 bits per heavy atom. The van der Waals surface area contributed by atoms with E-state index in [-0.39, 0.29) is 0 Å². The Labute approximate surface area is 97.1 Å². The van der Waals surface area contributed by atoms with Crippen LogP contribution in [0.15, 0.2) is 4.99 Å². The van der Waals surface area contributed by atoms with Gasteiger partial charge in [0.25, 0.3) is 0 Å². The van der Waals surface area contributed by atoms with Crippen LogP contribution in [-0.4, -0.2) is 43.3 Å². The van der Waals surface area contributed by atoms with Gasteiger partial charge < -0.3 is 10.2 Å². The van der Waals surface area contributed by atoms with Gasteiger partial charge >= 0.3 is 0 Å². The van der Waals surface area contributed by atoms with E-state index >= 15 is 0 Å². The number of hydrogen-bond donors (Lipinski definition) is 1.